The zero-order valence-corrected chi connectivity index (χ0v) is 28.2. The lowest BCUT2D eigenvalue weighted by atomic mass is 9.84. The van der Waals surface area contributed by atoms with E-state index in [2.05, 4.69) is 58.9 Å². The van der Waals surface area contributed by atoms with Crippen LogP contribution in [0, 0.1) is 76.7 Å². The summed E-state index contributed by atoms with van der Waals surface area (Å²) < 4.78 is 48.1. The molecule has 5 rings (SSSR count). The van der Waals surface area contributed by atoms with Gasteiger partial charge in [0.1, 0.15) is 17.5 Å². The molecule has 0 atom stereocenters. The van der Waals surface area contributed by atoms with Gasteiger partial charge in [-0.05, 0) is 95.2 Å². The van der Waals surface area contributed by atoms with Gasteiger partial charge in [0.25, 0.3) is 0 Å². The Bertz CT molecular complexity index is 1100. The van der Waals surface area contributed by atoms with Crippen LogP contribution in [-0.4, -0.2) is 19.5 Å². The van der Waals surface area contributed by atoms with E-state index < -0.39 is 11.6 Å². The summed E-state index contributed by atoms with van der Waals surface area (Å²) in [5.41, 5.74) is 5.04. The molecule has 0 unspecified atom stereocenters. The number of benzene rings is 3. The lowest BCUT2D eigenvalue weighted by Gasteiger charge is -2.24. The van der Waals surface area contributed by atoms with Gasteiger partial charge >= 0.3 is 0 Å². The minimum absolute atomic E-state index is 0. The minimum atomic E-state index is -0.475. The van der Waals surface area contributed by atoms with Crippen molar-refractivity contribution in [3.05, 3.63) is 105 Å². The number of halogens is 3. The highest BCUT2D eigenvalue weighted by atomic mass is 19.1. The van der Waals surface area contributed by atoms with Crippen LogP contribution in [0.5, 0.6) is 0 Å². The molecule has 1 aliphatic heterocycles. The largest absolute Gasteiger partial charge is 0.353 e. The molecule has 1 heterocycles. The van der Waals surface area contributed by atoms with Gasteiger partial charge in [-0.25, -0.2) is 13.2 Å². The Kier molecular flexibility index (Phi) is 18.2. The monoisotopic (exact) mass is 602 g/mol. The van der Waals surface area contributed by atoms with Gasteiger partial charge in [0.05, 0.1) is 13.2 Å². The van der Waals surface area contributed by atoms with Crippen LogP contribution in [0.1, 0.15) is 88.2 Å². The molecule has 0 amide bonds. The first-order valence-corrected chi connectivity index (χ1v) is 15.6. The average molecular weight is 603 g/mol. The van der Waals surface area contributed by atoms with Gasteiger partial charge < -0.3 is 9.47 Å². The molecule has 242 valence electrons. The maximum Gasteiger partial charge on any atom is 0.154 e. The predicted molar refractivity (Wildman–Crippen MR) is 177 cm³/mol. The zero-order valence-electron chi connectivity index (χ0n) is 28.2. The van der Waals surface area contributed by atoms with Gasteiger partial charge in [-0.1, -0.05) is 94.0 Å². The molecule has 1 saturated carbocycles. The second kappa shape index (κ2) is 20.3. The molecule has 2 nitrogen and oxygen atoms in total. The van der Waals surface area contributed by atoms with E-state index in [0.29, 0.717) is 17.0 Å². The molecule has 0 bridgehead atoms. The third kappa shape index (κ3) is 17.3. The first-order chi connectivity index (χ1) is 20.2. The van der Waals surface area contributed by atoms with Crippen LogP contribution in [0.15, 0.2) is 54.6 Å². The van der Waals surface area contributed by atoms with Crippen molar-refractivity contribution in [3.8, 4) is 0 Å². The van der Waals surface area contributed by atoms with Crippen LogP contribution < -0.4 is 0 Å². The van der Waals surface area contributed by atoms with Crippen molar-refractivity contribution in [3.63, 3.8) is 0 Å². The standard InChI is InChI=1S/C8H8F2.C8H9F.C8H16.C8H10.C6H12O2.H2/c1-5-3-7(9)6(2)8(10)4-5;1-6-3-4-7(2)8(9)5-6;2*1-7-3-5-8(2)6-4-7;1-5-3-7-6(2)8-4-5;/h3-4H,1-2H3;3-5H,1-2H3;7-8H,3-6H2,1-2H3;3-6H,1-2H3;5-6H,3-4H2,1-2H3;1H. The Labute approximate surface area is 261 Å². The Morgan fingerprint density at radius 3 is 1.23 bits per heavy atom. The minimum Gasteiger partial charge on any atom is -0.353 e. The fourth-order valence-electron chi connectivity index (χ4n) is 4.23. The van der Waals surface area contributed by atoms with E-state index in [9.17, 15) is 13.2 Å². The molecule has 43 heavy (non-hydrogen) atoms. The van der Waals surface area contributed by atoms with Crippen molar-refractivity contribution in [2.45, 2.75) is 101 Å². The third-order valence-corrected chi connectivity index (χ3v) is 7.51. The summed E-state index contributed by atoms with van der Waals surface area (Å²) >= 11 is 0. The number of rotatable bonds is 0. The van der Waals surface area contributed by atoms with Crippen molar-refractivity contribution in [2.24, 2.45) is 17.8 Å². The second-order valence-electron chi connectivity index (χ2n) is 12.5. The molecule has 3 aromatic rings. The summed E-state index contributed by atoms with van der Waals surface area (Å²) in [6, 6.07) is 16.3. The van der Waals surface area contributed by atoms with Crippen LogP contribution in [0.3, 0.4) is 0 Å². The normalized spacial score (nSPS) is 20.9. The van der Waals surface area contributed by atoms with E-state index in [4.69, 9.17) is 9.47 Å². The lowest BCUT2D eigenvalue weighted by Crippen LogP contribution is -2.27. The molecule has 2 fully saturated rings. The zero-order chi connectivity index (χ0) is 32.5. The molecule has 0 aromatic heterocycles. The van der Waals surface area contributed by atoms with Crippen molar-refractivity contribution in [2.75, 3.05) is 13.2 Å². The van der Waals surface area contributed by atoms with Crippen LogP contribution in [0.25, 0.3) is 0 Å². The summed E-state index contributed by atoms with van der Waals surface area (Å²) in [6.45, 7) is 21.4. The van der Waals surface area contributed by atoms with Crippen molar-refractivity contribution in [1.82, 2.24) is 0 Å². The summed E-state index contributed by atoms with van der Waals surface area (Å²) in [4.78, 5) is 0. The molecule has 5 heteroatoms. The average Bonchev–Trinajstić information content (AvgIpc) is 2.96. The van der Waals surface area contributed by atoms with Crippen molar-refractivity contribution < 1.29 is 24.1 Å². The van der Waals surface area contributed by atoms with Crippen LogP contribution in [0.2, 0.25) is 0 Å². The molecular weight excluding hydrogens is 545 g/mol. The first-order valence-electron chi connectivity index (χ1n) is 15.6. The second-order valence-corrected chi connectivity index (χ2v) is 12.5. The Morgan fingerprint density at radius 1 is 0.512 bits per heavy atom. The van der Waals surface area contributed by atoms with E-state index in [1.54, 1.807) is 19.9 Å². The predicted octanol–water partition coefficient (Wildman–Crippen LogP) is 11.4. The summed E-state index contributed by atoms with van der Waals surface area (Å²) in [6.07, 6.45) is 5.91. The fourth-order valence-corrected chi connectivity index (χ4v) is 4.23. The molecule has 0 radical (unpaired) electrons. The maximum absolute atomic E-state index is 12.6. The van der Waals surface area contributed by atoms with E-state index in [1.807, 2.05) is 19.9 Å². The molecule has 1 aliphatic carbocycles. The summed E-state index contributed by atoms with van der Waals surface area (Å²) in [5, 5.41) is 0. The van der Waals surface area contributed by atoms with Crippen LogP contribution >= 0.6 is 0 Å². The molecular formula is C38H57F3O2. The Hall–Kier alpha value is -2.63. The van der Waals surface area contributed by atoms with Crippen molar-refractivity contribution in [1.29, 1.82) is 0 Å². The molecule has 3 aromatic carbocycles. The van der Waals surface area contributed by atoms with Gasteiger partial charge in [0.2, 0.25) is 0 Å². The van der Waals surface area contributed by atoms with Gasteiger partial charge in [0.15, 0.2) is 6.29 Å². The fraction of sp³-hybridized carbons (Fsp3) is 0.526. The van der Waals surface area contributed by atoms with Gasteiger partial charge in [-0.3, -0.25) is 0 Å². The molecule has 2 aliphatic rings. The van der Waals surface area contributed by atoms with E-state index in [1.165, 1.54) is 61.9 Å². The third-order valence-electron chi connectivity index (χ3n) is 7.51. The maximum atomic E-state index is 12.6. The highest BCUT2D eigenvalue weighted by molar-refractivity contribution is 5.24. The number of aryl methyl sites for hydroxylation is 5. The smallest absolute Gasteiger partial charge is 0.154 e. The van der Waals surface area contributed by atoms with Crippen LogP contribution in [-0.2, 0) is 9.47 Å². The number of ether oxygens (including phenoxy) is 2. The van der Waals surface area contributed by atoms with Gasteiger partial charge in [0, 0.05) is 12.9 Å². The highest BCUT2D eigenvalue weighted by Gasteiger charge is 2.14. The molecule has 0 spiro atoms. The van der Waals surface area contributed by atoms with Gasteiger partial charge in [-0.15, -0.1) is 0 Å². The first kappa shape index (κ1) is 38.4. The Balaban J connectivity index is 0.000000524. The van der Waals surface area contributed by atoms with Crippen LogP contribution in [0.4, 0.5) is 13.2 Å². The molecule has 1 saturated heterocycles. The number of hydrogen-bond acceptors (Lipinski definition) is 2. The SMILES string of the molecule is CC1CCC(C)CC1.CC1COC(C)OC1.Cc1cc(F)c(C)c(F)c1.Cc1ccc(C)c(F)c1.Cc1ccc(C)cc1.[HH]. The Morgan fingerprint density at radius 2 is 0.884 bits per heavy atom. The summed E-state index contributed by atoms with van der Waals surface area (Å²) in [5.74, 6) is 1.55. The van der Waals surface area contributed by atoms with E-state index in [-0.39, 0.29) is 19.1 Å². The molecule has 0 N–H and O–H groups in total. The summed E-state index contributed by atoms with van der Waals surface area (Å²) in [7, 11) is 0. The highest BCUT2D eigenvalue weighted by Crippen LogP contribution is 2.27. The van der Waals surface area contributed by atoms with Crippen molar-refractivity contribution >= 4 is 0 Å². The number of hydrogen-bond donors (Lipinski definition) is 0. The lowest BCUT2D eigenvalue weighted by molar-refractivity contribution is -0.187. The van der Waals surface area contributed by atoms with Gasteiger partial charge in [-0.2, -0.15) is 0 Å². The van der Waals surface area contributed by atoms with E-state index >= 15 is 0 Å². The van der Waals surface area contributed by atoms with E-state index in [0.717, 1.165) is 30.6 Å². The quantitative estimate of drug-likeness (QED) is 0.255. The topological polar surface area (TPSA) is 18.5 Å².